The van der Waals surface area contributed by atoms with Crippen molar-refractivity contribution in [2.45, 2.75) is 38.6 Å². The zero-order valence-electron chi connectivity index (χ0n) is 27.4. The first-order valence-corrected chi connectivity index (χ1v) is 16.3. The smallest absolute Gasteiger partial charge is 0.257 e. The fourth-order valence-corrected chi connectivity index (χ4v) is 6.68. The number of pyridine rings is 2. The number of hydrogen-bond donors (Lipinski definition) is 1. The van der Waals surface area contributed by atoms with Crippen LogP contribution >= 0.6 is 0 Å². The molecule has 1 amide bonds. The Morgan fingerprint density at radius 3 is 2.55 bits per heavy atom. The number of fused-ring (bicyclic) bond motifs is 1. The van der Waals surface area contributed by atoms with Crippen LogP contribution in [-0.2, 0) is 13.0 Å². The molecule has 1 saturated heterocycles. The summed E-state index contributed by atoms with van der Waals surface area (Å²) >= 11 is 0. The molecule has 0 bridgehead atoms. The molecule has 6 rings (SSSR count). The van der Waals surface area contributed by atoms with Crippen LogP contribution in [0.15, 0.2) is 90.0 Å². The highest BCUT2D eigenvalue weighted by Crippen LogP contribution is 2.33. The lowest BCUT2D eigenvalue weighted by molar-refractivity contribution is 0.0827. The van der Waals surface area contributed by atoms with E-state index in [4.69, 9.17) is 4.98 Å². The van der Waals surface area contributed by atoms with E-state index in [1.165, 1.54) is 23.3 Å². The van der Waals surface area contributed by atoms with E-state index in [1.807, 2.05) is 24.3 Å². The molecule has 7 nitrogen and oxygen atoms in total. The second-order valence-electron chi connectivity index (χ2n) is 12.9. The number of nitrogens with zero attached hydrogens (tertiary/aromatic N) is 4. The summed E-state index contributed by atoms with van der Waals surface area (Å²) in [6, 6.07) is 18.4. The van der Waals surface area contributed by atoms with Crippen LogP contribution in [0.5, 0.6) is 0 Å². The third-order valence-corrected chi connectivity index (χ3v) is 9.50. The Morgan fingerprint density at radius 2 is 1.85 bits per heavy atom. The molecule has 0 radical (unpaired) electrons. The number of aromatic nitrogens is 2. The molecule has 0 saturated carbocycles. The standard InChI is InChI=1S/C39H42FN5O2/c1-5-28-21-27(6-11-35(28)40)24-42-33-15-19-45(38(46)23-33)37-12-16-41-36-20-26(2)32(22-34(36)37)25-44-17-13-30(14-18-44)29-7-9-31(10-8-29)39(47)43(3)4/h5-12,15-16,19,21-23,26,30,42H,1,13-14,17-18,20,24-25H2,2-4H3. The van der Waals surface area contributed by atoms with Gasteiger partial charge in [-0.1, -0.05) is 49.4 Å². The predicted molar refractivity (Wildman–Crippen MR) is 187 cm³/mol. The molecule has 47 heavy (non-hydrogen) atoms. The highest BCUT2D eigenvalue weighted by Gasteiger charge is 2.26. The fourth-order valence-electron chi connectivity index (χ4n) is 6.68. The van der Waals surface area contributed by atoms with E-state index in [-0.39, 0.29) is 17.3 Å². The highest BCUT2D eigenvalue weighted by atomic mass is 19.1. The molecule has 3 heterocycles. The lowest BCUT2D eigenvalue weighted by Crippen LogP contribution is -2.36. The number of halogens is 1. The van der Waals surface area contributed by atoms with Gasteiger partial charge < -0.3 is 10.2 Å². The molecule has 1 aliphatic heterocycles. The van der Waals surface area contributed by atoms with Crippen LogP contribution in [-0.4, -0.2) is 59.0 Å². The topological polar surface area (TPSA) is 70.5 Å². The zero-order chi connectivity index (χ0) is 33.1. The summed E-state index contributed by atoms with van der Waals surface area (Å²) in [6.45, 7) is 9.31. The molecule has 4 aromatic rings. The normalized spacial score (nSPS) is 16.7. The van der Waals surface area contributed by atoms with Crippen molar-refractivity contribution >= 4 is 23.7 Å². The Labute approximate surface area is 276 Å². The van der Waals surface area contributed by atoms with Gasteiger partial charge >= 0.3 is 0 Å². The van der Waals surface area contributed by atoms with Gasteiger partial charge in [0.2, 0.25) is 0 Å². The van der Waals surface area contributed by atoms with Gasteiger partial charge in [-0.2, -0.15) is 0 Å². The van der Waals surface area contributed by atoms with E-state index in [1.54, 1.807) is 54.2 Å². The molecule has 0 spiro atoms. The monoisotopic (exact) mass is 631 g/mol. The van der Waals surface area contributed by atoms with Crippen LogP contribution < -0.4 is 10.9 Å². The molecule has 2 aromatic heterocycles. The second-order valence-corrected chi connectivity index (χ2v) is 12.9. The van der Waals surface area contributed by atoms with Crippen molar-refractivity contribution in [3.8, 4) is 5.69 Å². The molecule has 1 atom stereocenters. The number of benzene rings is 2. The van der Waals surface area contributed by atoms with Gasteiger partial charge in [-0.25, -0.2) is 4.39 Å². The van der Waals surface area contributed by atoms with Crippen molar-refractivity contribution in [1.82, 2.24) is 19.4 Å². The summed E-state index contributed by atoms with van der Waals surface area (Å²) in [5, 5.41) is 3.28. The van der Waals surface area contributed by atoms with E-state index in [9.17, 15) is 14.0 Å². The van der Waals surface area contributed by atoms with Crippen molar-refractivity contribution in [3.63, 3.8) is 0 Å². The lowest BCUT2D eigenvalue weighted by Gasteiger charge is -2.35. The van der Waals surface area contributed by atoms with E-state index < -0.39 is 0 Å². The van der Waals surface area contributed by atoms with Crippen LogP contribution in [0.3, 0.4) is 0 Å². The first kappa shape index (κ1) is 32.1. The minimum absolute atomic E-state index is 0.0290. The molecular formula is C39H42FN5O2. The number of likely N-dealkylation sites (tertiary alicyclic amines) is 1. The van der Waals surface area contributed by atoms with E-state index in [0.717, 1.165) is 67.0 Å². The summed E-state index contributed by atoms with van der Waals surface area (Å²) < 4.78 is 15.5. The average molecular weight is 632 g/mol. The number of carbonyl (C=O) groups excluding carboxylic acids is 1. The largest absolute Gasteiger partial charge is 0.381 e. The van der Waals surface area contributed by atoms with Gasteiger partial charge in [-0.15, -0.1) is 0 Å². The predicted octanol–water partition coefficient (Wildman–Crippen LogP) is 6.78. The molecule has 242 valence electrons. The van der Waals surface area contributed by atoms with Crippen LogP contribution in [0.4, 0.5) is 10.1 Å². The zero-order valence-corrected chi connectivity index (χ0v) is 27.4. The molecular weight excluding hydrogens is 589 g/mol. The fraction of sp³-hybridized carbons (Fsp3) is 0.308. The van der Waals surface area contributed by atoms with Crippen molar-refractivity contribution in [1.29, 1.82) is 0 Å². The third kappa shape index (κ3) is 7.13. The summed E-state index contributed by atoms with van der Waals surface area (Å²) in [6.07, 6.45) is 10.3. The maximum atomic E-state index is 13.8. The van der Waals surface area contributed by atoms with Crippen LogP contribution in [0.1, 0.15) is 64.0 Å². The van der Waals surface area contributed by atoms with E-state index in [0.29, 0.717) is 29.6 Å². The minimum Gasteiger partial charge on any atom is -0.381 e. The average Bonchev–Trinajstić information content (AvgIpc) is 3.08. The second kappa shape index (κ2) is 13.9. The molecule has 1 N–H and O–H groups in total. The number of piperidine rings is 1. The number of carbonyl (C=O) groups is 1. The molecule has 2 aliphatic rings. The van der Waals surface area contributed by atoms with Crippen LogP contribution in [0.2, 0.25) is 0 Å². The van der Waals surface area contributed by atoms with Gasteiger partial charge in [0.1, 0.15) is 5.82 Å². The minimum atomic E-state index is -0.305. The summed E-state index contributed by atoms with van der Waals surface area (Å²) in [4.78, 5) is 34.5. The highest BCUT2D eigenvalue weighted by molar-refractivity contribution is 5.93. The number of anilines is 1. The maximum Gasteiger partial charge on any atom is 0.257 e. The number of hydrogen-bond acceptors (Lipinski definition) is 5. The van der Waals surface area contributed by atoms with Crippen molar-refractivity contribution < 1.29 is 9.18 Å². The van der Waals surface area contributed by atoms with Crippen molar-refractivity contribution in [2.24, 2.45) is 5.92 Å². The van der Waals surface area contributed by atoms with E-state index in [2.05, 4.69) is 41.9 Å². The first-order chi connectivity index (χ1) is 22.7. The summed E-state index contributed by atoms with van der Waals surface area (Å²) in [5.41, 5.74) is 8.16. The molecule has 1 aliphatic carbocycles. The molecule has 8 heteroatoms. The van der Waals surface area contributed by atoms with Gasteiger partial charge in [0.15, 0.2) is 0 Å². The van der Waals surface area contributed by atoms with Gasteiger partial charge in [0, 0.05) is 68.0 Å². The lowest BCUT2D eigenvalue weighted by atomic mass is 9.85. The maximum absolute atomic E-state index is 13.8. The van der Waals surface area contributed by atoms with Crippen molar-refractivity contribution in [2.75, 3.05) is 39.0 Å². The first-order valence-electron chi connectivity index (χ1n) is 16.3. The Bertz CT molecular complexity index is 1870. The molecule has 1 unspecified atom stereocenters. The third-order valence-electron chi connectivity index (χ3n) is 9.50. The SMILES string of the molecule is C=Cc1cc(CNc2ccn(-c3ccnc4c3C=C(CN3CCC(c5ccc(C(=O)N(C)C)cc5)CC3)C(C)C4)c(=O)c2)ccc1F. The summed E-state index contributed by atoms with van der Waals surface area (Å²) in [7, 11) is 3.55. The quantitative estimate of drug-likeness (QED) is 0.221. The van der Waals surface area contributed by atoms with Gasteiger partial charge in [-0.05, 0) is 91.7 Å². The van der Waals surface area contributed by atoms with E-state index >= 15 is 0 Å². The Morgan fingerprint density at radius 1 is 1.09 bits per heavy atom. The van der Waals surface area contributed by atoms with Gasteiger partial charge in [-0.3, -0.25) is 24.0 Å². The van der Waals surface area contributed by atoms with Crippen LogP contribution in [0.25, 0.3) is 17.8 Å². The number of amides is 1. The Balaban J connectivity index is 1.13. The Hall–Kier alpha value is -4.82. The van der Waals surface area contributed by atoms with Gasteiger partial charge in [0.05, 0.1) is 11.4 Å². The van der Waals surface area contributed by atoms with Gasteiger partial charge in [0.25, 0.3) is 11.5 Å². The molecule has 1 fully saturated rings. The number of nitrogens with one attached hydrogen (secondary N) is 1. The van der Waals surface area contributed by atoms with Crippen LogP contribution in [0, 0.1) is 11.7 Å². The Kier molecular flexibility index (Phi) is 9.50. The summed E-state index contributed by atoms with van der Waals surface area (Å²) in [5.74, 6) is 0.581. The number of rotatable bonds is 9. The van der Waals surface area contributed by atoms with Crippen molar-refractivity contribution in [3.05, 3.63) is 135 Å². The molecule has 2 aromatic carbocycles.